The monoisotopic (exact) mass is 245 g/mol. The third-order valence-corrected chi connectivity index (χ3v) is 2.18. The molecule has 0 aromatic heterocycles. The molecule has 0 saturated carbocycles. The molecule has 0 saturated heterocycles. The van der Waals surface area contributed by atoms with Crippen LogP contribution in [0, 0.1) is 23.4 Å². The molecule has 0 unspecified atom stereocenters. The maximum atomic E-state index is 13.2. The minimum atomic E-state index is -1.51. The van der Waals surface area contributed by atoms with E-state index in [4.69, 9.17) is 0 Å². The Kier molecular flexibility index (Phi) is 4.54. The number of carbonyl (C=O) groups is 1. The topological polar surface area (TPSA) is 29.1 Å². The standard InChI is InChI=1S/C12H14F3NO/c1-7(2)5-10(17)16-6-8-3-4-9(13)12(15)11(8)14/h3-4,7H,5-6H2,1-2H3,(H,16,17). The molecule has 0 aliphatic heterocycles. The lowest BCUT2D eigenvalue weighted by atomic mass is 10.1. The molecule has 1 rings (SSSR count). The van der Waals surface area contributed by atoms with Gasteiger partial charge in [0.15, 0.2) is 17.5 Å². The molecule has 1 amide bonds. The van der Waals surface area contributed by atoms with Gasteiger partial charge in [-0.25, -0.2) is 13.2 Å². The number of nitrogens with one attached hydrogen (secondary N) is 1. The second-order valence-electron chi connectivity index (χ2n) is 4.21. The van der Waals surface area contributed by atoms with Crippen LogP contribution in [0.3, 0.4) is 0 Å². The van der Waals surface area contributed by atoms with Crippen LogP contribution in [0.15, 0.2) is 12.1 Å². The molecule has 0 aliphatic rings. The fraction of sp³-hybridized carbons (Fsp3) is 0.417. The molecule has 0 atom stereocenters. The van der Waals surface area contributed by atoms with E-state index >= 15 is 0 Å². The first kappa shape index (κ1) is 13.5. The van der Waals surface area contributed by atoms with Crippen LogP contribution in [0.25, 0.3) is 0 Å². The van der Waals surface area contributed by atoms with Gasteiger partial charge in [0.2, 0.25) is 5.91 Å². The van der Waals surface area contributed by atoms with Gasteiger partial charge >= 0.3 is 0 Å². The van der Waals surface area contributed by atoms with Crippen molar-refractivity contribution in [3.05, 3.63) is 35.1 Å². The first-order valence-corrected chi connectivity index (χ1v) is 5.31. The van der Waals surface area contributed by atoms with E-state index in [2.05, 4.69) is 5.32 Å². The molecular weight excluding hydrogens is 231 g/mol. The summed E-state index contributed by atoms with van der Waals surface area (Å²) < 4.78 is 38.7. The zero-order valence-corrected chi connectivity index (χ0v) is 9.69. The number of amides is 1. The number of hydrogen-bond donors (Lipinski definition) is 1. The molecule has 17 heavy (non-hydrogen) atoms. The first-order valence-electron chi connectivity index (χ1n) is 5.31. The van der Waals surface area contributed by atoms with Crippen LogP contribution >= 0.6 is 0 Å². The summed E-state index contributed by atoms with van der Waals surface area (Å²) in [5.41, 5.74) is -0.0685. The fourth-order valence-electron chi connectivity index (χ4n) is 1.34. The lowest BCUT2D eigenvalue weighted by Gasteiger charge is -2.08. The normalized spacial score (nSPS) is 10.7. The number of hydrogen-bond acceptors (Lipinski definition) is 1. The summed E-state index contributed by atoms with van der Waals surface area (Å²) in [4.78, 5) is 11.3. The molecule has 0 aliphatic carbocycles. The summed E-state index contributed by atoms with van der Waals surface area (Å²) in [6.45, 7) is 3.60. The second-order valence-corrected chi connectivity index (χ2v) is 4.21. The minimum absolute atomic E-state index is 0.0685. The van der Waals surface area contributed by atoms with Crippen LogP contribution in [0.5, 0.6) is 0 Å². The lowest BCUT2D eigenvalue weighted by molar-refractivity contribution is -0.121. The maximum Gasteiger partial charge on any atom is 0.220 e. The Hall–Kier alpha value is -1.52. The van der Waals surface area contributed by atoms with Gasteiger partial charge in [-0.3, -0.25) is 4.79 Å². The first-order chi connectivity index (χ1) is 7.91. The van der Waals surface area contributed by atoms with Gasteiger partial charge in [0.25, 0.3) is 0 Å². The fourth-order valence-corrected chi connectivity index (χ4v) is 1.34. The van der Waals surface area contributed by atoms with Gasteiger partial charge in [-0.2, -0.15) is 0 Å². The van der Waals surface area contributed by atoms with Gasteiger partial charge in [-0.05, 0) is 12.0 Å². The number of carbonyl (C=O) groups excluding carboxylic acids is 1. The van der Waals surface area contributed by atoms with Crippen LogP contribution in [0.1, 0.15) is 25.8 Å². The van der Waals surface area contributed by atoms with E-state index in [1.54, 1.807) is 0 Å². The largest absolute Gasteiger partial charge is 0.352 e. The summed E-state index contributed by atoms with van der Waals surface area (Å²) in [7, 11) is 0. The van der Waals surface area contributed by atoms with Crippen LogP contribution in [-0.2, 0) is 11.3 Å². The minimum Gasteiger partial charge on any atom is -0.352 e. The molecule has 1 aromatic rings. The van der Waals surface area contributed by atoms with E-state index in [1.807, 2.05) is 13.8 Å². The molecule has 0 fully saturated rings. The Labute approximate surface area is 97.8 Å². The highest BCUT2D eigenvalue weighted by Gasteiger charge is 2.13. The molecule has 1 aromatic carbocycles. The smallest absolute Gasteiger partial charge is 0.220 e. The molecular formula is C12H14F3NO. The van der Waals surface area contributed by atoms with Crippen LogP contribution in [0.2, 0.25) is 0 Å². The Bertz CT molecular complexity index is 418. The molecule has 0 bridgehead atoms. The van der Waals surface area contributed by atoms with Crippen LogP contribution < -0.4 is 5.32 Å². The van der Waals surface area contributed by atoms with E-state index in [1.165, 1.54) is 0 Å². The van der Waals surface area contributed by atoms with Gasteiger partial charge in [-0.15, -0.1) is 0 Å². The van der Waals surface area contributed by atoms with Crippen molar-refractivity contribution in [2.24, 2.45) is 5.92 Å². The summed E-state index contributed by atoms with van der Waals surface area (Å²) in [5, 5.41) is 2.45. The highest BCUT2D eigenvalue weighted by Crippen LogP contribution is 2.15. The van der Waals surface area contributed by atoms with Crippen LogP contribution in [-0.4, -0.2) is 5.91 Å². The molecule has 1 N–H and O–H groups in total. The van der Waals surface area contributed by atoms with Crippen molar-refractivity contribution in [2.45, 2.75) is 26.8 Å². The summed E-state index contributed by atoms with van der Waals surface area (Å²) in [6, 6.07) is 1.95. The van der Waals surface area contributed by atoms with E-state index < -0.39 is 17.5 Å². The van der Waals surface area contributed by atoms with Crippen molar-refractivity contribution in [1.82, 2.24) is 5.32 Å². The predicted octanol–water partition coefficient (Wildman–Crippen LogP) is 2.77. The molecule has 0 spiro atoms. The second kappa shape index (κ2) is 5.70. The molecule has 0 radical (unpaired) electrons. The number of halogens is 3. The molecule has 94 valence electrons. The van der Waals surface area contributed by atoms with Gasteiger partial charge in [0.05, 0.1) is 0 Å². The summed E-state index contributed by atoms with van der Waals surface area (Å²) in [6.07, 6.45) is 0.311. The van der Waals surface area contributed by atoms with Crippen molar-refractivity contribution in [2.75, 3.05) is 0 Å². The van der Waals surface area contributed by atoms with Gasteiger partial charge in [0.1, 0.15) is 0 Å². The average molecular weight is 245 g/mol. The number of benzene rings is 1. The van der Waals surface area contributed by atoms with Crippen molar-refractivity contribution in [3.63, 3.8) is 0 Å². The van der Waals surface area contributed by atoms with Crippen molar-refractivity contribution in [3.8, 4) is 0 Å². The average Bonchev–Trinajstić information content (AvgIpc) is 2.24. The molecule has 5 heteroatoms. The highest BCUT2D eigenvalue weighted by atomic mass is 19.2. The zero-order valence-electron chi connectivity index (χ0n) is 9.69. The van der Waals surface area contributed by atoms with Gasteiger partial charge in [-0.1, -0.05) is 19.9 Å². The van der Waals surface area contributed by atoms with Gasteiger partial charge < -0.3 is 5.32 Å². The Morgan fingerprint density at radius 2 is 1.88 bits per heavy atom. The predicted molar refractivity (Wildman–Crippen MR) is 57.6 cm³/mol. The van der Waals surface area contributed by atoms with Crippen molar-refractivity contribution < 1.29 is 18.0 Å². The Balaban J connectivity index is 2.64. The van der Waals surface area contributed by atoms with Gasteiger partial charge in [0, 0.05) is 18.5 Å². The molecule has 0 heterocycles. The molecule has 2 nitrogen and oxygen atoms in total. The Morgan fingerprint density at radius 1 is 1.24 bits per heavy atom. The van der Waals surface area contributed by atoms with E-state index in [-0.39, 0.29) is 23.9 Å². The lowest BCUT2D eigenvalue weighted by Crippen LogP contribution is -2.24. The Morgan fingerprint density at radius 3 is 2.47 bits per heavy atom. The third-order valence-electron chi connectivity index (χ3n) is 2.18. The SMILES string of the molecule is CC(C)CC(=O)NCc1ccc(F)c(F)c1F. The van der Waals surface area contributed by atoms with E-state index in [0.29, 0.717) is 6.42 Å². The van der Waals surface area contributed by atoms with E-state index in [9.17, 15) is 18.0 Å². The highest BCUT2D eigenvalue weighted by molar-refractivity contribution is 5.76. The van der Waals surface area contributed by atoms with Crippen LogP contribution in [0.4, 0.5) is 13.2 Å². The van der Waals surface area contributed by atoms with Crippen molar-refractivity contribution >= 4 is 5.91 Å². The quantitative estimate of drug-likeness (QED) is 0.812. The zero-order chi connectivity index (χ0) is 13.0. The van der Waals surface area contributed by atoms with E-state index in [0.717, 1.165) is 12.1 Å². The number of rotatable bonds is 4. The maximum absolute atomic E-state index is 13.2. The van der Waals surface area contributed by atoms with Crippen molar-refractivity contribution in [1.29, 1.82) is 0 Å². The third kappa shape index (κ3) is 3.76. The summed E-state index contributed by atoms with van der Waals surface area (Å²) >= 11 is 0. The summed E-state index contributed by atoms with van der Waals surface area (Å²) in [5.74, 6) is -4.07.